The summed E-state index contributed by atoms with van der Waals surface area (Å²) in [5.74, 6) is -0.150. The Kier molecular flexibility index (Phi) is 6.66. The summed E-state index contributed by atoms with van der Waals surface area (Å²) in [6, 6.07) is 14.2. The van der Waals surface area contributed by atoms with Crippen LogP contribution >= 0.6 is 23.2 Å². The fraction of sp³-hybridized carbons (Fsp3) is 0.294. The van der Waals surface area contributed by atoms with Crippen LogP contribution in [0.3, 0.4) is 0 Å². The molecule has 2 aromatic rings. The number of hydrogen-bond acceptors (Lipinski definition) is 3. The molecule has 0 saturated carbocycles. The van der Waals surface area contributed by atoms with Crippen LogP contribution in [0.2, 0.25) is 10.0 Å². The van der Waals surface area contributed by atoms with E-state index in [0.717, 1.165) is 5.56 Å². The molecule has 24 heavy (non-hydrogen) atoms. The number of benzene rings is 2. The van der Waals surface area contributed by atoms with Gasteiger partial charge in [0.2, 0.25) is 10.0 Å². The third-order valence-electron chi connectivity index (χ3n) is 3.66. The molecule has 0 aliphatic heterocycles. The highest BCUT2D eigenvalue weighted by atomic mass is 35.5. The molecule has 0 amide bonds. The van der Waals surface area contributed by atoms with Crippen molar-refractivity contribution in [1.82, 2.24) is 9.62 Å². The molecule has 0 fully saturated rings. The number of rotatable bonds is 7. The van der Waals surface area contributed by atoms with E-state index in [2.05, 4.69) is 4.72 Å². The summed E-state index contributed by atoms with van der Waals surface area (Å²) in [5.41, 5.74) is 1.53. The lowest BCUT2D eigenvalue weighted by atomic mass is 10.1. The molecule has 0 heterocycles. The molecule has 0 bridgehead atoms. The molecule has 130 valence electrons. The molecule has 0 radical (unpaired) electrons. The van der Waals surface area contributed by atoms with Gasteiger partial charge in [0, 0.05) is 22.6 Å². The van der Waals surface area contributed by atoms with Crippen LogP contribution < -0.4 is 4.72 Å². The van der Waals surface area contributed by atoms with E-state index in [4.69, 9.17) is 23.2 Å². The van der Waals surface area contributed by atoms with Crippen LogP contribution in [0, 0.1) is 0 Å². The second-order valence-corrected chi connectivity index (χ2v) is 8.38. The Morgan fingerprint density at radius 3 is 2.42 bits per heavy atom. The molecule has 0 aliphatic carbocycles. The molecule has 0 aliphatic rings. The predicted octanol–water partition coefficient (Wildman–Crippen LogP) is 3.72. The minimum absolute atomic E-state index is 0.121. The first kappa shape index (κ1) is 19.2. The maximum absolute atomic E-state index is 12.4. The molecule has 2 aromatic carbocycles. The van der Waals surface area contributed by atoms with Crippen LogP contribution in [-0.4, -0.2) is 34.0 Å². The molecule has 7 heteroatoms. The van der Waals surface area contributed by atoms with Gasteiger partial charge >= 0.3 is 0 Å². The molecule has 2 rings (SSSR count). The Hall–Kier alpha value is -1.11. The van der Waals surface area contributed by atoms with Crippen molar-refractivity contribution in [3.63, 3.8) is 0 Å². The maximum atomic E-state index is 12.4. The average Bonchev–Trinajstić information content (AvgIpc) is 2.49. The molecule has 0 saturated heterocycles. The van der Waals surface area contributed by atoms with Crippen LogP contribution in [0.1, 0.15) is 17.2 Å². The van der Waals surface area contributed by atoms with Crippen LogP contribution in [0.15, 0.2) is 48.5 Å². The monoisotopic (exact) mass is 386 g/mol. The second-order valence-electron chi connectivity index (χ2n) is 5.73. The van der Waals surface area contributed by atoms with Crippen molar-refractivity contribution in [2.75, 3.05) is 20.6 Å². The van der Waals surface area contributed by atoms with E-state index >= 15 is 0 Å². The van der Waals surface area contributed by atoms with Gasteiger partial charge in [0.05, 0.1) is 5.75 Å². The number of nitrogens with one attached hydrogen (secondary N) is 1. The maximum Gasteiger partial charge on any atom is 0.215 e. The largest absolute Gasteiger partial charge is 0.301 e. The van der Waals surface area contributed by atoms with Crippen LogP contribution in [-0.2, 0) is 15.8 Å². The third-order valence-corrected chi connectivity index (χ3v) is 5.56. The zero-order valence-electron chi connectivity index (χ0n) is 13.5. The predicted molar refractivity (Wildman–Crippen MR) is 100.0 cm³/mol. The first-order chi connectivity index (χ1) is 11.3. The Balaban J connectivity index is 2.10. The summed E-state index contributed by atoms with van der Waals surface area (Å²) < 4.78 is 27.4. The zero-order chi connectivity index (χ0) is 17.7. The van der Waals surface area contributed by atoms with E-state index in [1.807, 2.05) is 37.2 Å². The van der Waals surface area contributed by atoms with E-state index < -0.39 is 10.0 Å². The highest BCUT2D eigenvalue weighted by molar-refractivity contribution is 7.88. The van der Waals surface area contributed by atoms with Gasteiger partial charge < -0.3 is 4.90 Å². The quantitative estimate of drug-likeness (QED) is 0.788. The van der Waals surface area contributed by atoms with Crippen molar-refractivity contribution in [3.8, 4) is 0 Å². The fourth-order valence-corrected chi connectivity index (χ4v) is 4.05. The number of likely N-dealkylation sites (N-methyl/N-ethyl adjacent to an activating group) is 1. The Labute approximate surface area is 153 Å². The van der Waals surface area contributed by atoms with E-state index in [-0.39, 0.29) is 18.3 Å². The van der Waals surface area contributed by atoms with Gasteiger partial charge in [0.1, 0.15) is 0 Å². The smallest absolute Gasteiger partial charge is 0.215 e. The highest BCUT2D eigenvalue weighted by Gasteiger charge is 2.19. The third kappa shape index (κ3) is 5.46. The van der Waals surface area contributed by atoms with Crippen molar-refractivity contribution in [1.29, 1.82) is 0 Å². The van der Waals surface area contributed by atoms with Gasteiger partial charge in [-0.05, 0) is 43.4 Å². The first-order valence-corrected chi connectivity index (χ1v) is 9.82. The van der Waals surface area contributed by atoms with Gasteiger partial charge in [-0.25, -0.2) is 13.1 Å². The van der Waals surface area contributed by atoms with Gasteiger partial charge in [-0.1, -0.05) is 53.5 Å². The average molecular weight is 387 g/mol. The Morgan fingerprint density at radius 1 is 1.08 bits per heavy atom. The van der Waals surface area contributed by atoms with Crippen molar-refractivity contribution < 1.29 is 8.42 Å². The zero-order valence-corrected chi connectivity index (χ0v) is 15.9. The summed E-state index contributed by atoms with van der Waals surface area (Å²) in [4.78, 5) is 1.95. The van der Waals surface area contributed by atoms with E-state index in [0.29, 0.717) is 15.6 Å². The van der Waals surface area contributed by atoms with E-state index in [9.17, 15) is 8.42 Å². The van der Waals surface area contributed by atoms with Gasteiger partial charge in [-0.3, -0.25) is 0 Å². The lowest BCUT2D eigenvalue weighted by Gasteiger charge is -2.25. The topological polar surface area (TPSA) is 49.4 Å². The number of halogens is 2. The molecule has 0 aromatic heterocycles. The standard InChI is InChI=1S/C17H20Cl2N2O2S/c1-21(2)17(13-7-5-8-15(18)10-13)11-20-24(22,23)12-14-6-3-4-9-16(14)19/h3-10,17,20H,11-12H2,1-2H3. The van der Waals surface area contributed by atoms with Gasteiger partial charge in [-0.2, -0.15) is 0 Å². The fourth-order valence-electron chi connectivity index (χ4n) is 2.39. The van der Waals surface area contributed by atoms with E-state index in [1.54, 1.807) is 30.3 Å². The molecule has 1 N–H and O–H groups in total. The van der Waals surface area contributed by atoms with Crippen LogP contribution in [0.25, 0.3) is 0 Å². The van der Waals surface area contributed by atoms with Crippen LogP contribution in [0.5, 0.6) is 0 Å². The molecule has 4 nitrogen and oxygen atoms in total. The van der Waals surface area contributed by atoms with Crippen LogP contribution in [0.4, 0.5) is 0 Å². The van der Waals surface area contributed by atoms with Crippen molar-refractivity contribution >= 4 is 33.2 Å². The number of nitrogens with zero attached hydrogens (tertiary/aromatic N) is 1. The second kappa shape index (κ2) is 8.32. The minimum Gasteiger partial charge on any atom is -0.301 e. The molecular weight excluding hydrogens is 367 g/mol. The molecule has 1 unspecified atom stereocenters. The number of sulfonamides is 1. The highest BCUT2D eigenvalue weighted by Crippen LogP contribution is 2.22. The Morgan fingerprint density at radius 2 is 1.79 bits per heavy atom. The normalized spacial score (nSPS) is 13.2. The number of hydrogen-bond donors (Lipinski definition) is 1. The van der Waals surface area contributed by atoms with E-state index in [1.165, 1.54) is 0 Å². The summed E-state index contributed by atoms with van der Waals surface area (Å²) in [5, 5.41) is 1.07. The van der Waals surface area contributed by atoms with Gasteiger partial charge in [0.25, 0.3) is 0 Å². The van der Waals surface area contributed by atoms with Crippen molar-refractivity contribution in [2.45, 2.75) is 11.8 Å². The lowest BCUT2D eigenvalue weighted by molar-refractivity contribution is 0.299. The lowest BCUT2D eigenvalue weighted by Crippen LogP contribution is -2.35. The minimum atomic E-state index is -3.50. The SMILES string of the molecule is CN(C)C(CNS(=O)(=O)Cc1ccccc1Cl)c1cccc(Cl)c1. The summed E-state index contributed by atoms with van der Waals surface area (Å²) in [6.07, 6.45) is 0. The van der Waals surface area contributed by atoms with Gasteiger partial charge in [-0.15, -0.1) is 0 Å². The van der Waals surface area contributed by atoms with Gasteiger partial charge in [0.15, 0.2) is 0 Å². The van der Waals surface area contributed by atoms with Crippen molar-refractivity contribution in [2.24, 2.45) is 0 Å². The first-order valence-electron chi connectivity index (χ1n) is 7.41. The molecule has 0 spiro atoms. The van der Waals surface area contributed by atoms with Crippen molar-refractivity contribution in [3.05, 3.63) is 69.7 Å². The Bertz CT molecular complexity index is 795. The summed E-state index contributed by atoms with van der Waals surface area (Å²) in [6.45, 7) is 0.250. The molecular formula is C17H20Cl2N2O2S. The summed E-state index contributed by atoms with van der Waals surface area (Å²) >= 11 is 12.1. The summed E-state index contributed by atoms with van der Waals surface area (Å²) in [7, 11) is 0.296. The molecule has 1 atom stereocenters.